The summed E-state index contributed by atoms with van der Waals surface area (Å²) in [5, 5.41) is 4.74. The first kappa shape index (κ1) is 15.7. The average molecular weight is 336 g/mol. The van der Waals surface area contributed by atoms with E-state index in [0.29, 0.717) is 35.6 Å². The topological polar surface area (TPSA) is 63.6 Å². The van der Waals surface area contributed by atoms with Gasteiger partial charge in [0.15, 0.2) is 5.65 Å². The van der Waals surface area contributed by atoms with Crippen LogP contribution in [0.4, 0.5) is 8.78 Å². The van der Waals surface area contributed by atoms with Gasteiger partial charge in [0.2, 0.25) is 5.92 Å². The number of halogens is 2. The van der Waals surface area contributed by atoms with Gasteiger partial charge in [0.05, 0.1) is 12.2 Å². The minimum atomic E-state index is -2.57. The van der Waals surface area contributed by atoms with E-state index < -0.39 is 5.92 Å². The van der Waals surface area contributed by atoms with Crippen molar-refractivity contribution in [3.05, 3.63) is 22.4 Å². The van der Waals surface area contributed by atoms with Crippen molar-refractivity contribution in [2.75, 3.05) is 0 Å². The summed E-state index contributed by atoms with van der Waals surface area (Å²) in [6.45, 7) is 0. The van der Waals surface area contributed by atoms with Crippen molar-refractivity contribution in [2.45, 2.75) is 69.8 Å². The van der Waals surface area contributed by atoms with Crippen LogP contribution in [0.5, 0.6) is 0 Å². The summed E-state index contributed by atoms with van der Waals surface area (Å²) in [4.78, 5) is 19.8. The number of nitrogens with zero attached hydrogens (tertiary/aromatic N) is 3. The molecule has 1 N–H and O–H groups in total. The number of rotatable bonds is 3. The molecule has 2 fully saturated rings. The summed E-state index contributed by atoms with van der Waals surface area (Å²) in [6.07, 6.45) is 7.61. The lowest BCUT2D eigenvalue weighted by molar-refractivity contribution is -0.0446. The van der Waals surface area contributed by atoms with Gasteiger partial charge >= 0.3 is 0 Å². The summed E-state index contributed by atoms with van der Waals surface area (Å²) in [5.41, 5.74) is 0.363. The van der Waals surface area contributed by atoms with Gasteiger partial charge in [-0.1, -0.05) is 25.7 Å². The maximum absolute atomic E-state index is 13.4. The fourth-order valence-corrected chi connectivity index (χ4v) is 4.10. The quantitative estimate of drug-likeness (QED) is 0.931. The van der Waals surface area contributed by atoms with Gasteiger partial charge in [-0.3, -0.25) is 4.79 Å². The molecule has 0 atom stereocenters. The number of aromatic nitrogens is 4. The molecule has 2 saturated carbocycles. The molecule has 0 bridgehead atoms. The second kappa shape index (κ2) is 5.93. The van der Waals surface area contributed by atoms with Crippen LogP contribution in [0.25, 0.3) is 11.0 Å². The Morgan fingerprint density at radius 3 is 2.62 bits per heavy atom. The largest absolute Gasteiger partial charge is 0.310 e. The molecule has 0 unspecified atom stereocenters. The molecule has 7 heteroatoms. The van der Waals surface area contributed by atoms with E-state index in [0.717, 1.165) is 6.42 Å². The Balaban J connectivity index is 1.64. The highest BCUT2D eigenvalue weighted by Gasteiger charge is 2.36. The molecular weight excluding hydrogens is 314 g/mol. The van der Waals surface area contributed by atoms with Gasteiger partial charge < -0.3 is 4.98 Å². The molecule has 5 nitrogen and oxygen atoms in total. The van der Waals surface area contributed by atoms with Gasteiger partial charge in [-0.05, 0) is 18.8 Å². The molecule has 0 spiro atoms. The van der Waals surface area contributed by atoms with Crippen LogP contribution in [-0.4, -0.2) is 25.7 Å². The zero-order chi connectivity index (χ0) is 16.7. The highest BCUT2D eigenvalue weighted by molar-refractivity contribution is 5.73. The molecule has 0 radical (unpaired) electrons. The number of alkyl halides is 2. The molecule has 24 heavy (non-hydrogen) atoms. The zero-order valence-corrected chi connectivity index (χ0v) is 13.6. The number of nitrogens with one attached hydrogen (secondary N) is 1. The normalized spacial score (nSPS) is 22.4. The lowest BCUT2D eigenvalue weighted by atomic mass is 9.92. The standard InChI is InChI=1S/C17H22F2N4O/c18-17(19)7-5-12(6-8-17)23-15-13(10-20-23)16(24)22-14(21-15)9-11-3-1-2-4-11/h10-12H,1-9H2,(H,21,22,24). The van der Waals surface area contributed by atoms with Gasteiger partial charge in [0.25, 0.3) is 5.56 Å². The second-order valence-electron chi connectivity index (χ2n) is 7.28. The van der Waals surface area contributed by atoms with Crippen molar-refractivity contribution in [1.82, 2.24) is 19.7 Å². The van der Waals surface area contributed by atoms with Crippen molar-refractivity contribution >= 4 is 11.0 Å². The lowest BCUT2D eigenvalue weighted by Gasteiger charge is -2.28. The maximum atomic E-state index is 13.4. The molecule has 2 aromatic rings. The Kier molecular flexibility index (Phi) is 3.89. The van der Waals surface area contributed by atoms with Crippen molar-refractivity contribution in [1.29, 1.82) is 0 Å². The predicted molar refractivity (Wildman–Crippen MR) is 86.3 cm³/mol. The highest BCUT2D eigenvalue weighted by Crippen LogP contribution is 2.38. The van der Waals surface area contributed by atoms with E-state index in [4.69, 9.17) is 0 Å². The number of hydrogen-bond acceptors (Lipinski definition) is 3. The Labute approximate surface area is 138 Å². The zero-order valence-electron chi connectivity index (χ0n) is 13.6. The van der Waals surface area contributed by atoms with Crippen LogP contribution in [0.2, 0.25) is 0 Å². The first-order valence-corrected chi connectivity index (χ1v) is 8.86. The molecular formula is C17H22F2N4O. The average Bonchev–Trinajstić information content (AvgIpc) is 3.17. The monoisotopic (exact) mass is 336 g/mol. The summed E-state index contributed by atoms with van der Waals surface area (Å²) >= 11 is 0. The minimum Gasteiger partial charge on any atom is -0.310 e. The smallest absolute Gasteiger partial charge is 0.262 e. The van der Waals surface area contributed by atoms with Crippen LogP contribution in [0.15, 0.2) is 11.0 Å². The third-order valence-electron chi connectivity index (χ3n) is 5.50. The second-order valence-corrected chi connectivity index (χ2v) is 7.28. The molecule has 0 aromatic carbocycles. The van der Waals surface area contributed by atoms with Crippen molar-refractivity contribution in [2.24, 2.45) is 5.92 Å². The summed E-state index contributed by atoms with van der Waals surface area (Å²) in [5.74, 6) is -1.30. The molecule has 4 rings (SSSR count). The van der Waals surface area contributed by atoms with E-state index >= 15 is 0 Å². The molecule has 2 aliphatic rings. The lowest BCUT2D eigenvalue weighted by Crippen LogP contribution is -2.27. The highest BCUT2D eigenvalue weighted by atomic mass is 19.3. The van der Waals surface area contributed by atoms with E-state index in [-0.39, 0.29) is 24.4 Å². The molecule has 0 saturated heterocycles. The summed E-state index contributed by atoms with van der Waals surface area (Å²) < 4.78 is 28.5. The molecule has 2 aliphatic carbocycles. The van der Waals surface area contributed by atoms with Gasteiger partial charge in [0, 0.05) is 19.3 Å². The van der Waals surface area contributed by atoms with Crippen molar-refractivity contribution in [3.8, 4) is 0 Å². The number of aromatic amines is 1. The predicted octanol–water partition coefficient (Wildman–Crippen LogP) is 3.60. The van der Waals surface area contributed by atoms with Gasteiger partial charge in [-0.25, -0.2) is 18.4 Å². The third kappa shape index (κ3) is 2.96. The SMILES string of the molecule is O=c1[nH]c(CC2CCCC2)nc2c1cnn2C1CCC(F)(F)CC1. The number of hydrogen-bond donors (Lipinski definition) is 1. The van der Waals surface area contributed by atoms with Gasteiger partial charge in [0.1, 0.15) is 11.2 Å². The van der Waals surface area contributed by atoms with Crippen LogP contribution in [0, 0.1) is 5.92 Å². The van der Waals surface area contributed by atoms with Crippen LogP contribution in [-0.2, 0) is 6.42 Å². The molecule has 0 amide bonds. The van der Waals surface area contributed by atoms with Crippen molar-refractivity contribution in [3.63, 3.8) is 0 Å². The van der Waals surface area contributed by atoms with Crippen LogP contribution in [0.1, 0.15) is 63.2 Å². The van der Waals surface area contributed by atoms with E-state index in [1.807, 2.05) is 0 Å². The van der Waals surface area contributed by atoms with Crippen LogP contribution < -0.4 is 5.56 Å². The molecule has 0 aliphatic heterocycles. The van der Waals surface area contributed by atoms with Gasteiger partial charge in [-0.15, -0.1) is 0 Å². The van der Waals surface area contributed by atoms with E-state index in [9.17, 15) is 13.6 Å². The Hall–Kier alpha value is -1.79. The van der Waals surface area contributed by atoms with Gasteiger partial charge in [-0.2, -0.15) is 5.10 Å². The van der Waals surface area contributed by atoms with Crippen LogP contribution in [0.3, 0.4) is 0 Å². The third-order valence-corrected chi connectivity index (χ3v) is 5.50. The fourth-order valence-electron chi connectivity index (χ4n) is 4.10. The fraction of sp³-hybridized carbons (Fsp3) is 0.706. The number of H-pyrrole nitrogens is 1. The van der Waals surface area contributed by atoms with E-state index in [2.05, 4.69) is 15.1 Å². The summed E-state index contributed by atoms with van der Waals surface area (Å²) in [6, 6.07) is -0.101. The summed E-state index contributed by atoms with van der Waals surface area (Å²) in [7, 11) is 0. The Morgan fingerprint density at radius 2 is 1.92 bits per heavy atom. The molecule has 130 valence electrons. The first-order chi connectivity index (χ1) is 11.5. The van der Waals surface area contributed by atoms with Crippen LogP contribution >= 0.6 is 0 Å². The molecule has 2 heterocycles. The van der Waals surface area contributed by atoms with E-state index in [1.165, 1.54) is 31.9 Å². The number of fused-ring (bicyclic) bond motifs is 1. The first-order valence-electron chi connectivity index (χ1n) is 8.86. The minimum absolute atomic E-state index is 0.101. The molecule has 2 aromatic heterocycles. The Bertz CT molecular complexity index is 781. The van der Waals surface area contributed by atoms with Crippen molar-refractivity contribution < 1.29 is 8.78 Å². The maximum Gasteiger partial charge on any atom is 0.262 e. The Morgan fingerprint density at radius 1 is 1.21 bits per heavy atom. The van der Waals surface area contributed by atoms with E-state index in [1.54, 1.807) is 4.68 Å².